The van der Waals surface area contributed by atoms with Crippen LogP contribution in [0, 0.1) is 5.92 Å². The molecule has 1 aromatic rings. The Balaban J connectivity index is 2.39. The normalized spacial score (nSPS) is 10.5. The summed E-state index contributed by atoms with van der Waals surface area (Å²) < 4.78 is 0.705. The molecule has 62 valence electrons. The lowest BCUT2D eigenvalue weighted by Crippen LogP contribution is -2.07. The van der Waals surface area contributed by atoms with Gasteiger partial charge in [0.05, 0.1) is 0 Å². The predicted octanol–water partition coefficient (Wildman–Crippen LogP) is 1.89. The molecule has 0 saturated heterocycles. The largest absolute Gasteiger partial charge is 0.360 e. The molecule has 1 N–H and O–H groups in total. The van der Waals surface area contributed by atoms with Crippen molar-refractivity contribution in [1.29, 1.82) is 0 Å². The summed E-state index contributed by atoms with van der Waals surface area (Å²) in [6, 6.07) is 0. The van der Waals surface area contributed by atoms with E-state index in [1.165, 1.54) is 11.3 Å². The second-order valence-electron chi connectivity index (χ2n) is 2.66. The van der Waals surface area contributed by atoms with E-state index in [1.54, 1.807) is 0 Å². The molecule has 1 rings (SSSR count). The number of hydrogen-bond acceptors (Lipinski definition) is 5. The monoisotopic (exact) mass is 189 g/mol. The Labute approximate surface area is 75.6 Å². The van der Waals surface area contributed by atoms with Crippen molar-refractivity contribution >= 4 is 29.1 Å². The Kier molecular flexibility index (Phi) is 3.14. The van der Waals surface area contributed by atoms with Crippen molar-refractivity contribution in [1.82, 2.24) is 10.2 Å². The summed E-state index contributed by atoms with van der Waals surface area (Å²) in [5, 5.41) is 11.6. The fourth-order valence-electron chi connectivity index (χ4n) is 0.578. The van der Waals surface area contributed by atoms with E-state index in [0.29, 0.717) is 10.3 Å². The molecular weight excluding hydrogens is 178 g/mol. The van der Waals surface area contributed by atoms with Gasteiger partial charge in [0.15, 0.2) is 4.34 Å². The maximum absolute atomic E-state index is 4.05. The lowest BCUT2D eigenvalue weighted by atomic mass is 10.2. The van der Waals surface area contributed by atoms with Gasteiger partial charge in [0, 0.05) is 6.54 Å². The average Bonchev–Trinajstić information content (AvgIpc) is 2.31. The summed E-state index contributed by atoms with van der Waals surface area (Å²) >= 11 is 5.52. The van der Waals surface area contributed by atoms with Crippen molar-refractivity contribution in [3.8, 4) is 0 Å². The van der Waals surface area contributed by atoms with Gasteiger partial charge in [0.25, 0.3) is 0 Å². The Morgan fingerprint density at radius 3 is 2.73 bits per heavy atom. The second-order valence-corrected chi connectivity index (χ2v) is 4.37. The van der Waals surface area contributed by atoms with Gasteiger partial charge in [-0.15, -0.1) is 22.8 Å². The fraction of sp³-hybridized carbons (Fsp3) is 0.667. The predicted molar refractivity (Wildman–Crippen MR) is 50.5 cm³/mol. The minimum absolute atomic E-state index is 0.627. The van der Waals surface area contributed by atoms with Crippen molar-refractivity contribution in [3.63, 3.8) is 0 Å². The molecule has 0 atom stereocenters. The number of hydrogen-bond donors (Lipinski definition) is 2. The number of nitrogens with one attached hydrogen (secondary N) is 1. The molecule has 0 spiro atoms. The molecule has 0 bridgehead atoms. The zero-order valence-corrected chi connectivity index (χ0v) is 8.25. The molecule has 0 aliphatic heterocycles. The average molecular weight is 189 g/mol. The highest BCUT2D eigenvalue weighted by Gasteiger charge is 1.99. The molecule has 0 radical (unpaired) electrons. The van der Waals surface area contributed by atoms with Gasteiger partial charge >= 0.3 is 0 Å². The Bertz CT molecular complexity index is 221. The molecule has 0 fully saturated rings. The van der Waals surface area contributed by atoms with E-state index < -0.39 is 0 Å². The maximum atomic E-state index is 4.05. The summed E-state index contributed by atoms with van der Waals surface area (Å²) in [6.07, 6.45) is 0. The van der Waals surface area contributed by atoms with Gasteiger partial charge in [-0.1, -0.05) is 25.2 Å². The first-order chi connectivity index (χ1) is 5.18. The van der Waals surface area contributed by atoms with Crippen LogP contribution in [0.25, 0.3) is 0 Å². The number of anilines is 1. The van der Waals surface area contributed by atoms with Crippen molar-refractivity contribution < 1.29 is 0 Å². The highest BCUT2D eigenvalue weighted by molar-refractivity contribution is 7.82. The van der Waals surface area contributed by atoms with Crippen molar-refractivity contribution in [2.24, 2.45) is 5.92 Å². The molecule has 0 aliphatic carbocycles. The smallest absolute Gasteiger partial charge is 0.206 e. The van der Waals surface area contributed by atoms with Gasteiger partial charge in [-0.05, 0) is 5.92 Å². The maximum Gasteiger partial charge on any atom is 0.206 e. The van der Waals surface area contributed by atoms with Crippen LogP contribution >= 0.6 is 24.0 Å². The molecule has 0 amide bonds. The second kappa shape index (κ2) is 3.92. The summed E-state index contributed by atoms with van der Waals surface area (Å²) in [4.78, 5) is 0. The van der Waals surface area contributed by atoms with Crippen LogP contribution in [0.4, 0.5) is 5.13 Å². The van der Waals surface area contributed by atoms with E-state index in [4.69, 9.17) is 0 Å². The van der Waals surface area contributed by atoms with Crippen LogP contribution in [0.5, 0.6) is 0 Å². The zero-order valence-electron chi connectivity index (χ0n) is 6.53. The molecule has 0 saturated carbocycles. The van der Waals surface area contributed by atoms with Crippen LogP contribution in [-0.2, 0) is 0 Å². The van der Waals surface area contributed by atoms with Gasteiger partial charge in [-0.25, -0.2) is 0 Å². The number of nitrogens with zero attached hydrogens (tertiary/aromatic N) is 2. The molecule has 0 aliphatic rings. The third-order valence-electron chi connectivity index (χ3n) is 1.08. The van der Waals surface area contributed by atoms with Crippen LogP contribution in [0.2, 0.25) is 0 Å². The standard InChI is InChI=1S/C6H11N3S2/c1-4(2)3-7-5-8-9-6(10)11-5/h4H,3H2,1-2H3,(H,7,8)(H,9,10). The molecule has 0 aromatic carbocycles. The first kappa shape index (κ1) is 8.80. The van der Waals surface area contributed by atoms with Gasteiger partial charge in [-0.3, -0.25) is 0 Å². The minimum atomic E-state index is 0.627. The van der Waals surface area contributed by atoms with Crippen LogP contribution in [0.3, 0.4) is 0 Å². The van der Waals surface area contributed by atoms with Crippen LogP contribution in [0.15, 0.2) is 4.34 Å². The molecule has 3 nitrogen and oxygen atoms in total. The van der Waals surface area contributed by atoms with Crippen LogP contribution < -0.4 is 5.32 Å². The third-order valence-corrected chi connectivity index (χ3v) is 2.12. The van der Waals surface area contributed by atoms with Gasteiger partial charge < -0.3 is 5.32 Å². The third kappa shape index (κ3) is 3.07. The SMILES string of the molecule is CC(C)CNc1nnc(S)s1. The fourth-order valence-corrected chi connectivity index (χ4v) is 1.37. The van der Waals surface area contributed by atoms with Gasteiger partial charge in [-0.2, -0.15) is 0 Å². The Morgan fingerprint density at radius 2 is 2.27 bits per heavy atom. The van der Waals surface area contributed by atoms with E-state index in [9.17, 15) is 0 Å². The van der Waals surface area contributed by atoms with Gasteiger partial charge in [0.1, 0.15) is 0 Å². The minimum Gasteiger partial charge on any atom is -0.360 e. The van der Waals surface area contributed by atoms with Crippen molar-refractivity contribution in [2.45, 2.75) is 18.2 Å². The topological polar surface area (TPSA) is 37.8 Å². The van der Waals surface area contributed by atoms with E-state index in [1.807, 2.05) is 0 Å². The quantitative estimate of drug-likeness (QED) is 0.713. The number of rotatable bonds is 3. The summed E-state index contributed by atoms with van der Waals surface area (Å²) in [6.45, 7) is 5.23. The molecule has 5 heteroatoms. The number of thiol groups is 1. The van der Waals surface area contributed by atoms with Crippen LogP contribution in [0.1, 0.15) is 13.8 Å². The molecule has 0 unspecified atom stereocenters. The summed E-state index contributed by atoms with van der Waals surface area (Å²) in [7, 11) is 0. The lowest BCUT2D eigenvalue weighted by Gasteiger charge is -2.03. The molecule has 1 aromatic heterocycles. The summed E-state index contributed by atoms with van der Waals surface area (Å²) in [5.41, 5.74) is 0. The van der Waals surface area contributed by atoms with Crippen molar-refractivity contribution in [2.75, 3.05) is 11.9 Å². The van der Waals surface area contributed by atoms with E-state index in [2.05, 4.69) is 42.0 Å². The molecule has 1 heterocycles. The number of aromatic nitrogens is 2. The highest BCUT2D eigenvalue weighted by atomic mass is 32.2. The van der Waals surface area contributed by atoms with E-state index >= 15 is 0 Å². The Morgan fingerprint density at radius 1 is 1.55 bits per heavy atom. The zero-order chi connectivity index (χ0) is 8.27. The van der Waals surface area contributed by atoms with E-state index in [-0.39, 0.29) is 0 Å². The molecule has 11 heavy (non-hydrogen) atoms. The summed E-state index contributed by atoms with van der Waals surface area (Å²) in [5.74, 6) is 0.627. The lowest BCUT2D eigenvalue weighted by molar-refractivity contribution is 0.687. The van der Waals surface area contributed by atoms with Gasteiger partial charge in [0.2, 0.25) is 5.13 Å². The van der Waals surface area contributed by atoms with E-state index in [0.717, 1.165) is 11.7 Å². The first-order valence-electron chi connectivity index (χ1n) is 3.45. The van der Waals surface area contributed by atoms with Crippen molar-refractivity contribution in [3.05, 3.63) is 0 Å². The Hall–Kier alpha value is -0.290. The highest BCUT2D eigenvalue weighted by Crippen LogP contribution is 2.17. The molecular formula is C6H11N3S2. The first-order valence-corrected chi connectivity index (χ1v) is 4.71. The van der Waals surface area contributed by atoms with Crippen LogP contribution in [-0.4, -0.2) is 16.7 Å².